The molecule has 0 spiro atoms. The zero-order chi connectivity index (χ0) is 24.2. The van der Waals surface area contributed by atoms with E-state index in [4.69, 9.17) is 14.2 Å². The Morgan fingerprint density at radius 3 is 1.97 bits per heavy atom. The number of hydrogen-bond donors (Lipinski definition) is 0. The van der Waals surface area contributed by atoms with Gasteiger partial charge < -0.3 is 14.2 Å². The van der Waals surface area contributed by atoms with E-state index < -0.39 is 29.6 Å². The Balaban J connectivity index is 1.57. The van der Waals surface area contributed by atoms with Crippen LogP contribution >= 0.6 is 0 Å². The van der Waals surface area contributed by atoms with Crippen LogP contribution in [0.1, 0.15) is 25.2 Å². The molecule has 7 heteroatoms. The second kappa shape index (κ2) is 10.4. The molecule has 0 saturated carbocycles. The fourth-order valence-electron chi connectivity index (χ4n) is 3.70. The van der Waals surface area contributed by atoms with Crippen LogP contribution in [0.4, 0.5) is 17.6 Å². The van der Waals surface area contributed by atoms with Gasteiger partial charge in [-0.3, -0.25) is 0 Å². The molecule has 1 aliphatic rings. The fraction of sp³-hybridized carbons (Fsp3) is 0.259. The van der Waals surface area contributed by atoms with Crippen LogP contribution in [0.5, 0.6) is 5.75 Å². The first kappa shape index (κ1) is 24.0. The zero-order valence-corrected chi connectivity index (χ0v) is 18.6. The number of benzene rings is 3. The van der Waals surface area contributed by atoms with Gasteiger partial charge in [0.1, 0.15) is 0 Å². The molecule has 0 atom stereocenters. The van der Waals surface area contributed by atoms with Crippen molar-refractivity contribution in [1.82, 2.24) is 0 Å². The van der Waals surface area contributed by atoms with Crippen molar-refractivity contribution < 1.29 is 31.8 Å². The van der Waals surface area contributed by atoms with Crippen LogP contribution in [0.25, 0.3) is 22.3 Å². The molecule has 1 heterocycles. The summed E-state index contributed by atoms with van der Waals surface area (Å²) in [4.78, 5) is 0. The zero-order valence-electron chi connectivity index (χ0n) is 18.6. The third-order valence-corrected chi connectivity index (χ3v) is 5.56. The lowest BCUT2D eigenvalue weighted by Gasteiger charge is -2.28. The molecule has 1 aliphatic heterocycles. The van der Waals surface area contributed by atoms with Crippen molar-refractivity contribution in [1.29, 1.82) is 0 Å². The van der Waals surface area contributed by atoms with Crippen molar-refractivity contribution in [3.8, 4) is 28.0 Å². The quantitative estimate of drug-likeness (QED) is 0.207. The monoisotopic (exact) mass is 472 g/mol. The van der Waals surface area contributed by atoms with Gasteiger partial charge in [0.15, 0.2) is 29.5 Å². The van der Waals surface area contributed by atoms with Gasteiger partial charge in [0.2, 0.25) is 5.82 Å². The van der Waals surface area contributed by atoms with E-state index in [-0.39, 0.29) is 35.0 Å². The van der Waals surface area contributed by atoms with E-state index in [1.165, 1.54) is 48.5 Å². The van der Waals surface area contributed by atoms with Crippen LogP contribution in [-0.4, -0.2) is 19.8 Å². The molecule has 1 fully saturated rings. The highest BCUT2D eigenvalue weighted by Crippen LogP contribution is 2.35. The molecule has 4 rings (SSSR count). The first-order valence-electron chi connectivity index (χ1n) is 10.9. The van der Waals surface area contributed by atoms with Gasteiger partial charge in [-0.1, -0.05) is 49.4 Å². The molecule has 178 valence electrons. The number of hydrogen-bond acceptors (Lipinski definition) is 3. The molecule has 0 aromatic heterocycles. The minimum Gasteiger partial charge on any atom is -0.490 e. The SMILES string of the molecule is C=CCCOc1ccc(-c2ccc(-c3ccc(C4OCC(C)CO4)c(F)c3F)cc2)c(F)c1F. The van der Waals surface area contributed by atoms with Crippen LogP contribution in [0.15, 0.2) is 61.2 Å². The lowest BCUT2D eigenvalue weighted by Crippen LogP contribution is -2.25. The van der Waals surface area contributed by atoms with Gasteiger partial charge in [-0.25, -0.2) is 13.2 Å². The number of halogens is 4. The van der Waals surface area contributed by atoms with Crippen molar-refractivity contribution in [2.45, 2.75) is 19.6 Å². The molecule has 0 radical (unpaired) electrons. The summed E-state index contributed by atoms with van der Waals surface area (Å²) in [5.74, 6) is -4.21. The van der Waals surface area contributed by atoms with E-state index in [0.29, 0.717) is 30.8 Å². The first-order valence-corrected chi connectivity index (χ1v) is 10.9. The van der Waals surface area contributed by atoms with Crippen LogP contribution < -0.4 is 4.74 Å². The summed E-state index contributed by atoms with van der Waals surface area (Å²) < 4.78 is 74.8. The minimum atomic E-state index is -1.09. The Morgan fingerprint density at radius 1 is 0.824 bits per heavy atom. The lowest BCUT2D eigenvalue weighted by atomic mass is 9.98. The highest BCUT2D eigenvalue weighted by atomic mass is 19.2. The first-order chi connectivity index (χ1) is 16.4. The third kappa shape index (κ3) is 4.86. The maximum absolute atomic E-state index is 14.9. The smallest absolute Gasteiger partial charge is 0.201 e. The number of rotatable bonds is 7. The molecular formula is C27H24F4O3. The summed E-state index contributed by atoms with van der Waals surface area (Å²) >= 11 is 0. The van der Waals surface area contributed by atoms with Gasteiger partial charge in [-0.05, 0) is 29.7 Å². The summed E-state index contributed by atoms with van der Waals surface area (Å²) in [6, 6.07) is 11.7. The van der Waals surface area contributed by atoms with Gasteiger partial charge in [-0.2, -0.15) is 4.39 Å². The standard InChI is InChI=1S/C27H24F4O3/c1-3-4-13-32-22-12-11-20(24(29)26(22)31)18-7-5-17(6-8-18)19-9-10-21(25(30)23(19)28)27-33-14-16(2)15-34-27/h3,5-12,16,27H,1,4,13-15H2,2H3. The fourth-order valence-corrected chi connectivity index (χ4v) is 3.70. The normalized spacial score (nSPS) is 18.0. The van der Waals surface area contributed by atoms with Crippen molar-refractivity contribution in [3.63, 3.8) is 0 Å². The Kier molecular flexibility index (Phi) is 7.34. The summed E-state index contributed by atoms with van der Waals surface area (Å²) in [5, 5.41) is 0. The van der Waals surface area contributed by atoms with E-state index in [0.717, 1.165) is 0 Å². The number of ether oxygens (including phenoxy) is 3. The van der Waals surface area contributed by atoms with E-state index >= 15 is 0 Å². The molecule has 0 N–H and O–H groups in total. The Morgan fingerprint density at radius 2 is 1.38 bits per heavy atom. The van der Waals surface area contributed by atoms with Crippen LogP contribution in [0, 0.1) is 29.2 Å². The second-order valence-corrected chi connectivity index (χ2v) is 8.18. The maximum atomic E-state index is 14.9. The average molecular weight is 472 g/mol. The molecule has 3 aromatic carbocycles. The predicted octanol–water partition coefficient (Wildman–Crippen LogP) is 7.21. The van der Waals surface area contributed by atoms with Crippen LogP contribution in [0.3, 0.4) is 0 Å². The Hall–Kier alpha value is -3.16. The largest absolute Gasteiger partial charge is 0.490 e. The summed E-state index contributed by atoms with van der Waals surface area (Å²) in [7, 11) is 0. The van der Waals surface area contributed by atoms with E-state index in [1.54, 1.807) is 6.08 Å². The van der Waals surface area contributed by atoms with Gasteiger partial charge in [0, 0.05) is 22.6 Å². The van der Waals surface area contributed by atoms with E-state index in [1.807, 2.05) is 6.92 Å². The van der Waals surface area contributed by atoms with Crippen molar-refractivity contribution >= 4 is 0 Å². The lowest BCUT2D eigenvalue weighted by molar-refractivity contribution is -0.203. The van der Waals surface area contributed by atoms with Gasteiger partial charge in [-0.15, -0.1) is 6.58 Å². The minimum absolute atomic E-state index is 0.00212. The average Bonchev–Trinajstić information content (AvgIpc) is 2.85. The highest BCUT2D eigenvalue weighted by Gasteiger charge is 2.26. The molecule has 0 unspecified atom stereocenters. The van der Waals surface area contributed by atoms with E-state index in [9.17, 15) is 17.6 Å². The molecule has 0 aliphatic carbocycles. The molecular weight excluding hydrogens is 448 g/mol. The van der Waals surface area contributed by atoms with Gasteiger partial charge in [0.05, 0.1) is 19.8 Å². The molecule has 34 heavy (non-hydrogen) atoms. The molecule has 3 aromatic rings. The topological polar surface area (TPSA) is 27.7 Å². The predicted molar refractivity (Wildman–Crippen MR) is 121 cm³/mol. The molecule has 0 bridgehead atoms. The summed E-state index contributed by atoms with van der Waals surface area (Å²) in [5.41, 5.74) is 0.833. The van der Waals surface area contributed by atoms with Crippen molar-refractivity contribution in [3.05, 3.63) is 90.0 Å². The second-order valence-electron chi connectivity index (χ2n) is 8.18. The van der Waals surface area contributed by atoms with E-state index in [2.05, 4.69) is 6.58 Å². The Bertz CT molecular complexity index is 1170. The maximum Gasteiger partial charge on any atom is 0.201 e. The third-order valence-electron chi connectivity index (χ3n) is 5.56. The molecule has 3 nitrogen and oxygen atoms in total. The van der Waals surface area contributed by atoms with Gasteiger partial charge >= 0.3 is 0 Å². The van der Waals surface area contributed by atoms with Gasteiger partial charge in [0.25, 0.3) is 0 Å². The Labute approximate surface area is 195 Å². The van der Waals surface area contributed by atoms with Crippen LogP contribution in [0.2, 0.25) is 0 Å². The summed E-state index contributed by atoms with van der Waals surface area (Å²) in [6.45, 7) is 6.47. The van der Waals surface area contributed by atoms with Crippen molar-refractivity contribution in [2.75, 3.05) is 19.8 Å². The van der Waals surface area contributed by atoms with Crippen molar-refractivity contribution in [2.24, 2.45) is 5.92 Å². The molecule has 1 saturated heterocycles. The van der Waals surface area contributed by atoms with Crippen LogP contribution in [-0.2, 0) is 9.47 Å². The highest BCUT2D eigenvalue weighted by molar-refractivity contribution is 5.71. The summed E-state index contributed by atoms with van der Waals surface area (Å²) in [6.07, 6.45) is 1.16. The molecule has 0 amide bonds.